The summed E-state index contributed by atoms with van der Waals surface area (Å²) in [6.45, 7) is 10.8. The lowest BCUT2D eigenvalue weighted by Gasteiger charge is -2.10. The third-order valence-corrected chi connectivity index (χ3v) is 2.49. The number of ether oxygens (including phenoxy) is 1. The van der Waals surface area contributed by atoms with Gasteiger partial charge in [0.1, 0.15) is 0 Å². The average molecular weight is 200 g/mol. The van der Waals surface area contributed by atoms with Crippen LogP contribution in [0.15, 0.2) is 0 Å². The lowest BCUT2D eigenvalue weighted by molar-refractivity contribution is 0.185. The minimum absolute atomic E-state index is 0.748. The highest BCUT2D eigenvalue weighted by Gasteiger charge is 2.14. The largest absolute Gasteiger partial charge is 0.381 e. The highest BCUT2D eigenvalue weighted by molar-refractivity contribution is 4.67. The Morgan fingerprint density at radius 3 is 2.71 bits per heavy atom. The maximum Gasteiger partial charge on any atom is 0.0507 e. The van der Waals surface area contributed by atoms with E-state index in [9.17, 15) is 0 Å². The molecule has 0 aliphatic carbocycles. The summed E-state index contributed by atoms with van der Waals surface area (Å²) >= 11 is 0. The van der Waals surface area contributed by atoms with Crippen LogP contribution in [0.1, 0.15) is 20.3 Å². The maximum absolute atomic E-state index is 5.31. The summed E-state index contributed by atoms with van der Waals surface area (Å²) in [5.74, 6) is 1.50. The Bertz CT molecular complexity index is 133. The Balaban J connectivity index is 1.79. The van der Waals surface area contributed by atoms with Crippen molar-refractivity contribution < 1.29 is 4.74 Å². The van der Waals surface area contributed by atoms with E-state index in [1.165, 1.54) is 6.42 Å². The van der Waals surface area contributed by atoms with E-state index in [1.54, 1.807) is 0 Å². The average Bonchev–Trinajstić information content (AvgIpc) is 2.63. The van der Waals surface area contributed by atoms with Crippen molar-refractivity contribution in [2.45, 2.75) is 20.3 Å². The molecular weight excluding hydrogens is 176 g/mol. The first-order valence-corrected chi connectivity index (χ1v) is 5.78. The summed E-state index contributed by atoms with van der Waals surface area (Å²) < 4.78 is 5.31. The standard InChI is InChI=1S/C11H24N2O/c1-10(2)7-12-4-5-13-8-11-3-6-14-9-11/h10-13H,3-9H2,1-2H3. The molecule has 0 aromatic rings. The molecule has 0 aromatic carbocycles. The summed E-state index contributed by atoms with van der Waals surface area (Å²) in [7, 11) is 0. The van der Waals surface area contributed by atoms with Crippen LogP contribution in [-0.4, -0.2) is 39.4 Å². The van der Waals surface area contributed by atoms with Crippen LogP contribution in [0.25, 0.3) is 0 Å². The minimum atomic E-state index is 0.748. The molecular formula is C11H24N2O. The molecule has 0 radical (unpaired) electrons. The molecule has 0 spiro atoms. The van der Waals surface area contributed by atoms with Gasteiger partial charge in [-0.25, -0.2) is 0 Å². The fourth-order valence-electron chi connectivity index (χ4n) is 1.62. The first-order chi connectivity index (χ1) is 6.79. The van der Waals surface area contributed by atoms with Gasteiger partial charge in [-0.2, -0.15) is 0 Å². The monoisotopic (exact) mass is 200 g/mol. The molecule has 1 heterocycles. The van der Waals surface area contributed by atoms with Crippen molar-refractivity contribution in [3.63, 3.8) is 0 Å². The molecule has 3 nitrogen and oxygen atoms in total. The summed E-state index contributed by atoms with van der Waals surface area (Å²) in [6.07, 6.45) is 1.23. The lowest BCUT2D eigenvalue weighted by atomic mass is 10.1. The van der Waals surface area contributed by atoms with Crippen molar-refractivity contribution in [3.05, 3.63) is 0 Å². The Morgan fingerprint density at radius 1 is 1.29 bits per heavy atom. The molecule has 1 saturated heterocycles. The zero-order valence-corrected chi connectivity index (χ0v) is 9.51. The highest BCUT2D eigenvalue weighted by Crippen LogP contribution is 2.10. The molecule has 1 fully saturated rings. The van der Waals surface area contributed by atoms with Gasteiger partial charge in [0, 0.05) is 26.2 Å². The van der Waals surface area contributed by atoms with Gasteiger partial charge in [0.25, 0.3) is 0 Å². The van der Waals surface area contributed by atoms with Crippen LogP contribution in [0.2, 0.25) is 0 Å². The second kappa shape index (κ2) is 7.21. The van der Waals surface area contributed by atoms with Gasteiger partial charge in [0.2, 0.25) is 0 Å². The van der Waals surface area contributed by atoms with Crippen LogP contribution >= 0.6 is 0 Å². The van der Waals surface area contributed by atoms with Crippen molar-refractivity contribution in [2.75, 3.05) is 39.4 Å². The summed E-state index contributed by atoms with van der Waals surface area (Å²) in [4.78, 5) is 0. The fourth-order valence-corrected chi connectivity index (χ4v) is 1.62. The summed E-state index contributed by atoms with van der Waals surface area (Å²) in [5.41, 5.74) is 0. The Labute approximate surface area is 87.6 Å². The van der Waals surface area contributed by atoms with Gasteiger partial charge in [-0.1, -0.05) is 13.8 Å². The first kappa shape index (κ1) is 12.0. The highest BCUT2D eigenvalue weighted by atomic mass is 16.5. The molecule has 0 saturated carbocycles. The number of nitrogens with one attached hydrogen (secondary N) is 2. The van der Waals surface area contributed by atoms with E-state index < -0.39 is 0 Å². The van der Waals surface area contributed by atoms with Gasteiger partial charge >= 0.3 is 0 Å². The molecule has 1 unspecified atom stereocenters. The molecule has 14 heavy (non-hydrogen) atoms. The van der Waals surface area contributed by atoms with E-state index in [0.717, 1.165) is 51.2 Å². The zero-order valence-electron chi connectivity index (χ0n) is 9.51. The van der Waals surface area contributed by atoms with E-state index in [-0.39, 0.29) is 0 Å². The van der Waals surface area contributed by atoms with Crippen LogP contribution in [0.5, 0.6) is 0 Å². The Kier molecular flexibility index (Phi) is 6.15. The second-order valence-corrected chi connectivity index (χ2v) is 4.53. The smallest absolute Gasteiger partial charge is 0.0507 e. The van der Waals surface area contributed by atoms with E-state index in [2.05, 4.69) is 24.5 Å². The van der Waals surface area contributed by atoms with E-state index in [4.69, 9.17) is 4.74 Å². The van der Waals surface area contributed by atoms with E-state index in [0.29, 0.717) is 0 Å². The molecule has 1 aliphatic rings. The van der Waals surface area contributed by atoms with Crippen molar-refractivity contribution >= 4 is 0 Å². The molecule has 84 valence electrons. The molecule has 0 amide bonds. The van der Waals surface area contributed by atoms with Gasteiger partial charge in [0.05, 0.1) is 6.61 Å². The minimum Gasteiger partial charge on any atom is -0.381 e. The summed E-state index contributed by atoms with van der Waals surface area (Å²) in [6, 6.07) is 0. The van der Waals surface area contributed by atoms with Gasteiger partial charge < -0.3 is 15.4 Å². The van der Waals surface area contributed by atoms with Crippen LogP contribution in [0.3, 0.4) is 0 Å². The quantitative estimate of drug-likeness (QED) is 0.598. The second-order valence-electron chi connectivity index (χ2n) is 4.53. The van der Waals surface area contributed by atoms with Crippen LogP contribution < -0.4 is 10.6 Å². The molecule has 1 atom stereocenters. The fraction of sp³-hybridized carbons (Fsp3) is 1.00. The predicted molar refractivity (Wildman–Crippen MR) is 59.5 cm³/mol. The Morgan fingerprint density at radius 2 is 2.07 bits per heavy atom. The molecule has 0 aromatic heterocycles. The van der Waals surface area contributed by atoms with E-state index >= 15 is 0 Å². The number of hydrogen-bond acceptors (Lipinski definition) is 3. The van der Waals surface area contributed by atoms with Gasteiger partial charge in [-0.05, 0) is 24.8 Å². The molecule has 3 heteroatoms. The SMILES string of the molecule is CC(C)CNCCNCC1CCOC1. The third kappa shape index (κ3) is 5.58. The zero-order chi connectivity index (χ0) is 10.2. The predicted octanol–water partition coefficient (Wildman–Crippen LogP) is 0.858. The Hall–Kier alpha value is -0.120. The molecule has 1 rings (SSSR count). The number of rotatable bonds is 7. The van der Waals surface area contributed by atoms with Crippen molar-refractivity contribution in [1.82, 2.24) is 10.6 Å². The third-order valence-electron chi connectivity index (χ3n) is 2.49. The maximum atomic E-state index is 5.31. The van der Waals surface area contributed by atoms with Crippen LogP contribution in [0, 0.1) is 11.8 Å². The van der Waals surface area contributed by atoms with Gasteiger partial charge in [-0.3, -0.25) is 0 Å². The topological polar surface area (TPSA) is 33.3 Å². The first-order valence-electron chi connectivity index (χ1n) is 5.78. The summed E-state index contributed by atoms with van der Waals surface area (Å²) in [5, 5.41) is 6.88. The normalized spacial score (nSPS) is 22.1. The molecule has 2 N–H and O–H groups in total. The number of hydrogen-bond donors (Lipinski definition) is 2. The van der Waals surface area contributed by atoms with Crippen molar-refractivity contribution in [3.8, 4) is 0 Å². The molecule has 1 aliphatic heterocycles. The molecule has 0 bridgehead atoms. The van der Waals surface area contributed by atoms with Crippen molar-refractivity contribution in [2.24, 2.45) is 11.8 Å². The van der Waals surface area contributed by atoms with Gasteiger partial charge in [-0.15, -0.1) is 0 Å². The van der Waals surface area contributed by atoms with Crippen LogP contribution in [-0.2, 0) is 4.74 Å². The van der Waals surface area contributed by atoms with Crippen molar-refractivity contribution in [1.29, 1.82) is 0 Å². The van der Waals surface area contributed by atoms with Gasteiger partial charge in [0.15, 0.2) is 0 Å². The lowest BCUT2D eigenvalue weighted by Crippen LogP contribution is -2.32. The van der Waals surface area contributed by atoms with Crippen LogP contribution in [0.4, 0.5) is 0 Å². The van der Waals surface area contributed by atoms with E-state index in [1.807, 2.05) is 0 Å².